The Kier molecular flexibility index (Phi) is 7.13. The van der Waals surface area contributed by atoms with Crippen molar-refractivity contribution in [2.75, 3.05) is 6.54 Å². The fourth-order valence-corrected chi connectivity index (χ4v) is 2.65. The van der Waals surface area contributed by atoms with E-state index in [0.717, 1.165) is 28.8 Å². The minimum Gasteiger partial charge on any atom is -0.444 e. The maximum absolute atomic E-state index is 11.6. The van der Waals surface area contributed by atoms with Crippen LogP contribution in [0.15, 0.2) is 0 Å². The summed E-state index contributed by atoms with van der Waals surface area (Å²) in [5, 5.41) is 11.8. The van der Waals surface area contributed by atoms with Crippen LogP contribution < -0.4 is 5.32 Å². The number of nitrogens with zero attached hydrogens (tertiary/aromatic N) is 3. The molecule has 0 aliphatic heterocycles. The average Bonchev–Trinajstić information content (AvgIpc) is 2.71. The highest BCUT2D eigenvalue weighted by molar-refractivity contribution is 14.1. The van der Waals surface area contributed by atoms with Crippen molar-refractivity contribution >= 4 is 28.7 Å². The summed E-state index contributed by atoms with van der Waals surface area (Å²) >= 11 is 2.13. The van der Waals surface area contributed by atoms with Gasteiger partial charge in [0.25, 0.3) is 0 Å². The largest absolute Gasteiger partial charge is 0.444 e. The molecular formula is C15H23IN4O2. The molecule has 0 saturated heterocycles. The Morgan fingerprint density at radius 2 is 2.18 bits per heavy atom. The number of aryl methyl sites for hydroxylation is 1. The van der Waals surface area contributed by atoms with Gasteiger partial charge in [0.05, 0.1) is 0 Å². The lowest BCUT2D eigenvalue weighted by molar-refractivity contribution is 0.0526. The smallest absolute Gasteiger partial charge is 0.407 e. The summed E-state index contributed by atoms with van der Waals surface area (Å²) in [5.41, 5.74) is -0.0581. The Labute approximate surface area is 145 Å². The average molecular weight is 418 g/mol. The zero-order chi connectivity index (χ0) is 16.8. The SMILES string of the molecule is CCCCc1nc(C#N)c(I)n1CCNC(=O)OC(C)(C)C. The second-order valence-electron chi connectivity index (χ2n) is 5.96. The van der Waals surface area contributed by atoms with Gasteiger partial charge in [-0.25, -0.2) is 9.78 Å². The number of hydrogen-bond donors (Lipinski definition) is 1. The Hall–Kier alpha value is -1.30. The second kappa shape index (κ2) is 8.36. The van der Waals surface area contributed by atoms with Crippen LogP contribution >= 0.6 is 22.6 Å². The Bertz CT molecular complexity index is 555. The summed E-state index contributed by atoms with van der Waals surface area (Å²) < 4.78 is 8.01. The highest BCUT2D eigenvalue weighted by Crippen LogP contribution is 2.16. The summed E-state index contributed by atoms with van der Waals surface area (Å²) in [7, 11) is 0. The van der Waals surface area contributed by atoms with Crippen LogP contribution in [0.3, 0.4) is 0 Å². The molecule has 0 fully saturated rings. The van der Waals surface area contributed by atoms with Crippen LogP contribution in [-0.4, -0.2) is 27.8 Å². The van der Waals surface area contributed by atoms with Gasteiger partial charge in [0, 0.05) is 19.5 Å². The van der Waals surface area contributed by atoms with E-state index in [4.69, 9.17) is 10.00 Å². The lowest BCUT2D eigenvalue weighted by Gasteiger charge is -2.20. The molecule has 6 nitrogen and oxygen atoms in total. The number of carbonyl (C=O) groups is 1. The first-order valence-corrected chi connectivity index (χ1v) is 8.48. The molecule has 0 bridgehead atoms. The van der Waals surface area contributed by atoms with Crippen molar-refractivity contribution in [3.8, 4) is 6.07 Å². The van der Waals surface area contributed by atoms with Gasteiger partial charge in [-0.15, -0.1) is 0 Å². The molecule has 0 aromatic carbocycles. The molecule has 122 valence electrons. The third-order valence-electron chi connectivity index (χ3n) is 2.85. The standard InChI is InChI=1S/C15H23IN4O2/c1-5-6-7-12-19-11(10-17)13(16)20(12)9-8-18-14(21)22-15(2,3)4/h5-9H2,1-4H3,(H,18,21). The number of unbranched alkanes of at least 4 members (excludes halogenated alkanes) is 1. The quantitative estimate of drug-likeness (QED) is 0.720. The van der Waals surface area contributed by atoms with Crippen LogP contribution in [-0.2, 0) is 17.7 Å². The van der Waals surface area contributed by atoms with E-state index in [1.54, 1.807) is 0 Å². The number of nitrogens with one attached hydrogen (secondary N) is 1. The molecule has 1 amide bonds. The normalized spacial score (nSPS) is 11.1. The molecule has 0 aliphatic carbocycles. The van der Waals surface area contributed by atoms with Crippen LogP contribution in [0, 0.1) is 15.0 Å². The molecule has 1 aromatic heterocycles. The molecule has 1 N–H and O–H groups in total. The molecule has 0 unspecified atom stereocenters. The maximum atomic E-state index is 11.6. The van der Waals surface area contributed by atoms with Gasteiger partial charge in [0.15, 0.2) is 5.69 Å². The highest BCUT2D eigenvalue weighted by atomic mass is 127. The summed E-state index contributed by atoms with van der Waals surface area (Å²) in [4.78, 5) is 16.0. The van der Waals surface area contributed by atoms with Gasteiger partial charge in [-0.3, -0.25) is 0 Å². The van der Waals surface area contributed by atoms with Crippen molar-refractivity contribution in [3.05, 3.63) is 15.2 Å². The molecular weight excluding hydrogens is 395 g/mol. The second-order valence-corrected chi connectivity index (χ2v) is 6.98. The molecule has 22 heavy (non-hydrogen) atoms. The van der Waals surface area contributed by atoms with Crippen LogP contribution in [0.2, 0.25) is 0 Å². The number of nitriles is 1. The highest BCUT2D eigenvalue weighted by Gasteiger charge is 2.17. The van der Waals surface area contributed by atoms with Gasteiger partial charge in [0.1, 0.15) is 21.2 Å². The molecule has 0 spiro atoms. The third-order valence-corrected chi connectivity index (χ3v) is 3.94. The van der Waals surface area contributed by atoms with Crippen LogP contribution in [0.4, 0.5) is 4.79 Å². The van der Waals surface area contributed by atoms with E-state index in [1.165, 1.54) is 0 Å². The van der Waals surface area contributed by atoms with E-state index in [1.807, 2.05) is 25.3 Å². The first-order chi connectivity index (χ1) is 10.3. The fraction of sp³-hybridized carbons (Fsp3) is 0.667. The van der Waals surface area contributed by atoms with E-state index >= 15 is 0 Å². The van der Waals surface area contributed by atoms with E-state index in [9.17, 15) is 4.79 Å². The van der Waals surface area contributed by atoms with Gasteiger partial charge >= 0.3 is 6.09 Å². The summed E-state index contributed by atoms with van der Waals surface area (Å²) in [6.45, 7) is 8.61. The summed E-state index contributed by atoms with van der Waals surface area (Å²) in [6, 6.07) is 2.11. The number of rotatable bonds is 6. The zero-order valence-electron chi connectivity index (χ0n) is 13.6. The Balaban J connectivity index is 2.66. The molecule has 1 heterocycles. The molecule has 0 aliphatic rings. The third kappa shape index (κ3) is 5.83. The Morgan fingerprint density at radius 1 is 1.50 bits per heavy atom. The van der Waals surface area contributed by atoms with Gasteiger partial charge in [0.2, 0.25) is 0 Å². The molecule has 1 aromatic rings. The number of alkyl carbamates (subject to hydrolysis) is 1. The topological polar surface area (TPSA) is 79.9 Å². The number of halogens is 1. The molecule has 0 radical (unpaired) electrons. The predicted molar refractivity (Wildman–Crippen MR) is 92.5 cm³/mol. The molecule has 0 atom stereocenters. The molecule has 1 rings (SSSR count). The summed E-state index contributed by atoms with van der Waals surface area (Å²) in [6.07, 6.45) is 2.50. The first kappa shape index (κ1) is 18.7. The zero-order valence-corrected chi connectivity index (χ0v) is 15.7. The van der Waals surface area contributed by atoms with E-state index < -0.39 is 11.7 Å². The summed E-state index contributed by atoms with van der Waals surface area (Å²) in [5.74, 6) is 0.897. The van der Waals surface area contributed by atoms with Crippen LogP contribution in [0.5, 0.6) is 0 Å². The van der Waals surface area contributed by atoms with E-state index in [-0.39, 0.29) is 0 Å². The monoisotopic (exact) mass is 418 g/mol. The number of imidazole rings is 1. The number of amides is 1. The van der Waals surface area contributed by atoms with Gasteiger partial charge in [-0.1, -0.05) is 13.3 Å². The van der Waals surface area contributed by atoms with E-state index in [0.29, 0.717) is 18.8 Å². The maximum Gasteiger partial charge on any atom is 0.407 e. The Morgan fingerprint density at radius 3 is 2.73 bits per heavy atom. The van der Waals surface area contributed by atoms with Gasteiger partial charge < -0.3 is 14.6 Å². The van der Waals surface area contributed by atoms with Crippen molar-refractivity contribution in [1.29, 1.82) is 5.26 Å². The molecule has 0 saturated carbocycles. The first-order valence-electron chi connectivity index (χ1n) is 7.40. The van der Waals surface area contributed by atoms with Gasteiger partial charge in [-0.2, -0.15) is 5.26 Å². The number of ether oxygens (including phenoxy) is 1. The molecule has 7 heteroatoms. The fourth-order valence-electron chi connectivity index (χ4n) is 1.88. The minimum atomic E-state index is -0.506. The van der Waals surface area contributed by atoms with Crippen molar-refractivity contribution < 1.29 is 9.53 Å². The lowest BCUT2D eigenvalue weighted by atomic mass is 10.2. The number of carbonyl (C=O) groups excluding carboxylic acids is 1. The number of hydrogen-bond acceptors (Lipinski definition) is 4. The van der Waals surface area contributed by atoms with Gasteiger partial charge in [-0.05, 0) is 49.8 Å². The van der Waals surface area contributed by atoms with Crippen molar-refractivity contribution in [2.24, 2.45) is 0 Å². The minimum absolute atomic E-state index is 0.432. The van der Waals surface area contributed by atoms with Crippen molar-refractivity contribution in [1.82, 2.24) is 14.9 Å². The van der Waals surface area contributed by atoms with Crippen LogP contribution in [0.1, 0.15) is 52.1 Å². The number of aromatic nitrogens is 2. The van der Waals surface area contributed by atoms with Crippen molar-refractivity contribution in [2.45, 2.75) is 59.1 Å². The van der Waals surface area contributed by atoms with Crippen molar-refractivity contribution in [3.63, 3.8) is 0 Å². The van der Waals surface area contributed by atoms with E-state index in [2.05, 4.69) is 45.9 Å². The predicted octanol–water partition coefficient (Wildman–Crippen LogP) is 3.23. The van der Waals surface area contributed by atoms with Crippen LogP contribution in [0.25, 0.3) is 0 Å². The lowest BCUT2D eigenvalue weighted by Crippen LogP contribution is -2.34.